The Bertz CT molecular complexity index is 1370. The summed E-state index contributed by atoms with van der Waals surface area (Å²) in [6.07, 6.45) is 5.59. The lowest BCUT2D eigenvalue weighted by Crippen LogP contribution is -2.46. The summed E-state index contributed by atoms with van der Waals surface area (Å²) in [5.41, 5.74) is 0.603. The number of carbonyl (C=O) groups is 1. The molecule has 12 heteroatoms. The number of carbonyl (C=O) groups excluding carboxylic acids is 1. The summed E-state index contributed by atoms with van der Waals surface area (Å²) in [7, 11) is -4.01. The van der Waals surface area contributed by atoms with Gasteiger partial charge in [0.1, 0.15) is 11.4 Å². The molecule has 2 aliphatic rings. The second-order valence-electron chi connectivity index (χ2n) is 8.71. The number of hydrogen-bond donors (Lipinski definition) is 2. The zero-order valence-electron chi connectivity index (χ0n) is 18.5. The quantitative estimate of drug-likeness (QED) is 0.398. The third kappa shape index (κ3) is 5.17. The monoisotopic (exact) mass is 552 g/mol. The zero-order chi connectivity index (χ0) is 24.6. The molecule has 1 atom stereocenters. The van der Waals surface area contributed by atoms with Gasteiger partial charge in [0.15, 0.2) is 0 Å². The lowest BCUT2D eigenvalue weighted by Gasteiger charge is -2.44. The van der Waals surface area contributed by atoms with Gasteiger partial charge in [0, 0.05) is 17.0 Å². The number of fused-ring (bicyclic) bond motifs is 1. The third-order valence-corrected chi connectivity index (χ3v) is 9.52. The van der Waals surface area contributed by atoms with Crippen molar-refractivity contribution in [3.05, 3.63) is 63.6 Å². The average Bonchev–Trinajstić information content (AvgIpc) is 3.29. The molecule has 1 amide bonds. The molecule has 0 bridgehead atoms. The van der Waals surface area contributed by atoms with Gasteiger partial charge in [-0.3, -0.25) is 10.1 Å². The van der Waals surface area contributed by atoms with Crippen LogP contribution in [0, 0.1) is 0 Å². The van der Waals surface area contributed by atoms with Gasteiger partial charge in [-0.15, -0.1) is 10.2 Å². The molecular formula is C23H22Cl2N4O4S2. The van der Waals surface area contributed by atoms with Gasteiger partial charge in [-0.25, -0.2) is 13.1 Å². The van der Waals surface area contributed by atoms with E-state index >= 15 is 0 Å². The third-order valence-electron chi connectivity index (χ3n) is 6.29. The Morgan fingerprint density at radius 2 is 1.86 bits per heavy atom. The maximum atomic E-state index is 13.2. The summed E-state index contributed by atoms with van der Waals surface area (Å²) in [6, 6.07) is 11.5. The first-order valence-electron chi connectivity index (χ1n) is 11.1. The standard InChI is InChI=1S/C23H22Cl2N4O4S2/c24-14-8-9-15(17(25)12-14)20(30)26-21-27-28-22(34-21)35(31,32)29-18-13-23(10-4-1-5-11-23)33-19-7-3-2-6-16(18)19/h2-3,6-9,12,18,29H,1,4-5,10-11,13H2,(H,26,27,30). The van der Waals surface area contributed by atoms with E-state index in [9.17, 15) is 13.2 Å². The van der Waals surface area contributed by atoms with E-state index < -0.39 is 22.0 Å². The molecule has 1 spiro atoms. The van der Waals surface area contributed by atoms with Gasteiger partial charge in [0.2, 0.25) is 9.47 Å². The average molecular weight is 553 g/mol. The number of anilines is 1. The van der Waals surface area contributed by atoms with E-state index in [2.05, 4.69) is 20.2 Å². The molecule has 184 valence electrons. The number of halogens is 2. The predicted octanol–water partition coefficient (Wildman–Crippen LogP) is 5.60. The molecule has 3 aromatic rings. The minimum Gasteiger partial charge on any atom is -0.487 e. The lowest BCUT2D eigenvalue weighted by molar-refractivity contribution is 0.0000716. The van der Waals surface area contributed by atoms with E-state index in [1.807, 2.05) is 24.3 Å². The van der Waals surface area contributed by atoms with Crippen LogP contribution < -0.4 is 14.8 Å². The lowest BCUT2D eigenvalue weighted by atomic mass is 9.77. The van der Waals surface area contributed by atoms with Crippen LogP contribution in [-0.2, 0) is 10.0 Å². The van der Waals surface area contributed by atoms with Gasteiger partial charge in [-0.05, 0) is 49.9 Å². The molecule has 5 rings (SSSR count). The van der Waals surface area contributed by atoms with Crippen LogP contribution in [0.1, 0.15) is 60.5 Å². The van der Waals surface area contributed by atoms with E-state index in [0.29, 0.717) is 17.2 Å². The summed E-state index contributed by atoms with van der Waals surface area (Å²) in [5, 5.41) is 10.8. The number of rotatable bonds is 5. The Morgan fingerprint density at radius 3 is 2.63 bits per heavy atom. The van der Waals surface area contributed by atoms with Crippen molar-refractivity contribution in [2.24, 2.45) is 0 Å². The molecule has 1 fully saturated rings. The Morgan fingerprint density at radius 1 is 1.09 bits per heavy atom. The van der Waals surface area contributed by atoms with E-state index in [1.54, 1.807) is 0 Å². The van der Waals surface area contributed by atoms with Crippen LogP contribution >= 0.6 is 34.5 Å². The van der Waals surface area contributed by atoms with Gasteiger partial charge in [-0.2, -0.15) is 0 Å². The van der Waals surface area contributed by atoms with Gasteiger partial charge >= 0.3 is 0 Å². The summed E-state index contributed by atoms with van der Waals surface area (Å²) in [5.74, 6) is 0.163. The second kappa shape index (κ2) is 9.67. The highest BCUT2D eigenvalue weighted by Gasteiger charge is 2.43. The van der Waals surface area contributed by atoms with Crippen LogP contribution in [0.25, 0.3) is 0 Å². The molecule has 2 aromatic carbocycles. The first kappa shape index (κ1) is 24.5. The molecule has 35 heavy (non-hydrogen) atoms. The van der Waals surface area contributed by atoms with E-state index in [0.717, 1.165) is 49.0 Å². The van der Waals surface area contributed by atoms with Crippen molar-refractivity contribution < 1.29 is 17.9 Å². The molecule has 1 aliphatic carbocycles. The van der Waals surface area contributed by atoms with Gasteiger partial charge < -0.3 is 4.74 Å². The highest BCUT2D eigenvalue weighted by atomic mass is 35.5. The maximum absolute atomic E-state index is 13.2. The van der Waals surface area contributed by atoms with Crippen molar-refractivity contribution in [1.29, 1.82) is 0 Å². The van der Waals surface area contributed by atoms with Crippen LogP contribution in [0.5, 0.6) is 5.75 Å². The van der Waals surface area contributed by atoms with Crippen LogP contribution in [0.15, 0.2) is 46.8 Å². The topological polar surface area (TPSA) is 110 Å². The molecule has 0 radical (unpaired) electrons. The van der Waals surface area contributed by atoms with Crippen LogP contribution in [0.2, 0.25) is 10.0 Å². The smallest absolute Gasteiger partial charge is 0.270 e. The minimum atomic E-state index is -4.01. The summed E-state index contributed by atoms with van der Waals surface area (Å²) >= 11 is 12.7. The number of amides is 1. The zero-order valence-corrected chi connectivity index (χ0v) is 21.6. The van der Waals surface area contributed by atoms with Gasteiger partial charge in [0.05, 0.1) is 16.6 Å². The SMILES string of the molecule is O=C(Nc1nnc(S(=O)(=O)NC2CC3(CCCCC3)Oc3ccccc32)s1)c1ccc(Cl)cc1Cl. The van der Waals surface area contributed by atoms with Crippen molar-refractivity contribution >= 4 is 55.6 Å². The largest absolute Gasteiger partial charge is 0.487 e. The maximum Gasteiger partial charge on any atom is 0.270 e. The fraction of sp³-hybridized carbons (Fsp3) is 0.348. The molecule has 2 N–H and O–H groups in total. The number of ether oxygens (including phenoxy) is 1. The van der Waals surface area contributed by atoms with Crippen molar-refractivity contribution in [2.45, 2.75) is 54.5 Å². The fourth-order valence-corrected chi connectivity index (χ4v) is 7.29. The van der Waals surface area contributed by atoms with Crippen LogP contribution in [0.4, 0.5) is 5.13 Å². The molecule has 1 saturated carbocycles. The van der Waals surface area contributed by atoms with Crippen molar-refractivity contribution in [3.63, 3.8) is 0 Å². The Balaban J connectivity index is 1.35. The Labute approximate surface area is 217 Å². The number of aromatic nitrogens is 2. The Kier molecular flexibility index (Phi) is 6.75. The second-order valence-corrected chi connectivity index (χ2v) is 12.4. The number of hydrogen-bond acceptors (Lipinski definition) is 7. The van der Waals surface area contributed by atoms with E-state index in [4.69, 9.17) is 27.9 Å². The number of para-hydroxylation sites is 1. The first-order chi connectivity index (χ1) is 16.7. The number of nitrogens with one attached hydrogen (secondary N) is 2. The normalized spacial score (nSPS) is 19.1. The molecule has 1 aliphatic heterocycles. The number of nitrogens with zero attached hydrogens (tertiary/aromatic N) is 2. The molecule has 2 heterocycles. The van der Waals surface area contributed by atoms with E-state index in [-0.39, 0.29) is 25.7 Å². The van der Waals surface area contributed by atoms with Gasteiger partial charge in [0.25, 0.3) is 15.9 Å². The van der Waals surface area contributed by atoms with Gasteiger partial charge in [-0.1, -0.05) is 59.2 Å². The van der Waals surface area contributed by atoms with Crippen LogP contribution in [0.3, 0.4) is 0 Å². The minimum absolute atomic E-state index is 0.0394. The predicted molar refractivity (Wildman–Crippen MR) is 135 cm³/mol. The summed E-state index contributed by atoms with van der Waals surface area (Å²) in [4.78, 5) is 12.6. The summed E-state index contributed by atoms with van der Waals surface area (Å²) in [6.45, 7) is 0. The van der Waals surface area contributed by atoms with Crippen molar-refractivity contribution in [2.75, 3.05) is 5.32 Å². The fourth-order valence-electron chi connectivity index (χ4n) is 4.67. The molecular weight excluding hydrogens is 531 g/mol. The Hall–Kier alpha value is -2.24. The van der Waals surface area contributed by atoms with Crippen molar-refractivity contribution in [3.8, 4) is 5.75 Å². The molecule has 1 aromatic heterocycles. The van der Waals surface area contributed by atoms with Crippen molar-refractivity contribution in [1.82, 2.24) is 14.9 Å². The molecule has 1 unspecified atom stereocenters. The molecule has 8 nitrogen and oxygen atoms in total. The molecule has 0 saturated heterocycles. The summed E-state index contributed by atoms with van der Waals surface area (Å²) < 4.78 is 35.5. The van der Waals surface area contributed by atoms with Crippen LogP contribution in [-0.4, -0.2) is 30.1 Å². The highest BCUT2D eigenvalue weighted by Crippen LogP contribution is 2.46. The number of sulfonamides is 1. The first-order valence-corrected chi connectivity index (χ1v) is 14.2. The highest BCUT2D eigenvalue weighted by molar-refractivity contribution is 7.91. The number of benzene rings is 2. The van der Waals surface area contributed by atoms with E-state index in [1.165, 1.54) is 18.2 Å².